The third-order valence-electron chi connectivity index (χ3n) is 3.92. The summed E-state index contributed by atoms with van der Waals surface area (Å²) >= 11 is 0. The van der Waals surface area contributed by atoms with Gasteiger partial charge in [0.25, 0.3) is 0 Å². The second-order valence-electron chi connectivity index (χ2n) is 6.22. The molecule has 0 saturated carbocycles. The molecule has 10 heteroatoms. The number of hydrogen-bond donors (Lipinski definition) is 1. The lowest BCUT2D eigenvalue weighted by atomic mass is 10.2. The molecule has 1 N–H and O–H groups in total. The van der Waals surface area contributed by atoms with Gasteiger partial charge in [-0.3, -0.25) is 4.79 Å². The number of aryl methyl sites for hydroxylation is 1. The molecular formula is C20H18F3N3O4. The van der Waals surface area contributed by atoms with E-state index in [0.29, 0.717) is 23.2 Å². The van der Waals surface area contributed by atoms with Crippen LogP contribution in [0, 0.1) is 0 Å². The third-order valence-corrected chi connectivity index (χ3v) is 3.92. The highest BCUT2D eigenvalue weighted by molar-refractivity contribution is 5.90. The Morgan fingerprint density at radius 2 is 1.73 bits per heavy atom. The van der Waals surface area contributed by atoms with E-state index in [1.54, 1.807) is 31.4 Å². The Morgan fingerprint density at radius 3 is 2.37 bits per heavy atom. The standard InChI is InChI=1S/C20H18F3N3O4/c1-28-15-6-2-13(3-7-15)19-25-18(30-26-19)11-10-17(27)24-14-4-8-16(9-5-14)29-12-20(21,22)23/h2-9H,10-12H2,1H3,(H,24,27). The van der Waals surface area contributed by atoms with E-state index < -0.39 is 12.8 Å². The normalized spacial score (nSPS) is 11.2. The number of rotatable bonds is 8. The predicted molar refractivity (Wildman–Crippen MR) is 101 cm³/mol. The van der Waals surface area contributed by atoms with Gasteiger partial charge in [-0.1, -0.05) is 5.16 Å². The number of carbonyl (C=O) groups is 1. The van der Waals surface area contributed by atoms with E-state index in [0.717, 1.165) is 5.56 Å². The van der Waals surface area contributed by atoms with Crippen LogP contribution in [-0.4, -0.2) is 35.9 Å². The maximum Gasteiger partial charge on any atom is 0.422 e. The van der Waals surface area contributed by atoms with Crippen LogP contribution in [-0.2, 0) is 11.2 Å². The highest BCUT2D eigenvalue weighted by Gasteiger charge is 2.28. The first-order valence-corrected chi connectivity index (χ1v) is 8.89. The lowest BCUT2D eigenvalue weighted by molar-refractivity contribution is -0.153. The summed E-state index contributed by atoms with van der Waals surface area (Å²) in [4.78, 5) is 16.3. The van der Waals surface area contributed by atoms with Gasteiger partial charge in [0, 0.05) is 24.1 Å². The van der Waals surface area contributed by atoms with Crippen molar-refractivity contribution >= 4 is 11.6 Å². The first kappa shape index (κ1) is 21.2. The number of aromatic nitrogens is 2. The summed E-state index contributed by atoms with van der Waals surface area (Å²) in [6.07, 6.45) is -4.08. The lowest BCUT2D eigenvalue weighted by Gasteiger charge is -2.10. The Bertz CT molecular complexity index is 970. The van der Waals surface area contributed by atoms with Gasteiger partial charge in [-0.05, 0) is 48.5 Å². The quantitative estimate of drug-likeness (QED) is 0.585. The number of alkyl halides is 3. The summed E-state index contributed by atoms with van der Waals surface area (Å²) < 4.78 is 51.3. The highest BCUT2D eigenvalue weighted by atomic mass is 19.4. The van der Waals surface area contributed by atoms with Gasteiger partial charge in [-0.15, -0.1) is 0 Å². The summed E-state index contributed by atoms with van der Waals surface area (Å²) in [5, 5.41) is 6.54. The molecule has 0 radical (unpaired) electrons. The molecule has 3 aromatic rings. The molecule has 2 aromatic carbocycles. The van der Waals surface area contributed by atoms with Gasteiger partial charge in [0.05, 0.1) is 7.11 Å². The Balaban J connectivity index is 1.48. The van der Waals surface area contributed by atoms with Crippen LogP contribution in [0.2, 0.25) is 0 Å². The Labute approximate surface area is 169 Å². The van der Waals surface area contributed by atoms with E-state index in [1.165, 1.54) is 24.3 Å². The molecule has 0 fully saturated rings. The van der Waals surface area contributed by atoms with Crippen molar-refractivity contribution in [1.29, 1.82) is 0 Å². The van der Waals surface area contributed by atoms with Crippen molar-refractivity contribution in [3.63, 3.8) is 0 Å². The van der Waals surface area contributed by atoms with Crippen molar-refractivity contribution < 1.29 is 32.0 Å². The number of hydrogen-bond acceptors (Lipinski definition) is 6. The molecule has 0 aliphatic rings. The molecule has 3 rings (SSSR count). The molecule has 0 unspecified atom stereocenters. The van der Waals surface area contributed by atoms with Gasteiger partial charge in [0.15, 0.2) is 6.61 Å². The lowest BCUT2D eigenvalue weighted by Crippen LogP contribution is -2.19. The second-order valence-corrected chi connectivity index (χ2v) is 6.22. The monoisotopic (exact) mass is 421 g/mol. The summed E-state index contributed by atoms with van der Waals surface area (Å²) in [6, 6.07) is 12.7. The molecular weight excluding hydrogens is 403 g/mol. The number of halogens is 3. The van der Waals surface area contributed by atoms with Crippen LogP contribution < -0.4 is 14.8 Å². The first-order valence-electron chi connectivity index (χ1n) is 8.89. The Morgan fingerprint density at radius 1 is 1.07 bits per heavy atom. The fraction of sp³-hybridized carbons (Fsp3) is 0.250. The number of methoxy groups -OCH3 is 1. The fourth-order valence-corrected chi connectivity index (χ4v) is 2.46. The number of nitrogens with zero attached hydrogens (tertiary/aromatic N) is 2. The zero-order valence-electron chi connectivity index (χ0n) is 15.9. The van der Waals surface area contributed by atoms with E-state index in [4.69, 9.17) is 9.26 Å². The van der Waals surface area contributed by atoms with E-state index in [-0.39, 0.29) is 24.5 Å². The Kier molecular flexibility index (Phi) is 6.55. The van der Waals surface area contributed by atoms with Gasteiger partial charge in [-0.25, -0.2) is 0 Å². The largest absolute Gasteiger partial charge is 0.497 e. The minimum Gasteiger partial charge on any atom is -0.497 e. The van der Waals surface area contributed by atoms with Crippen LogP contribution in [0.25, 0.3) is 11.4 Å². The zero-order chi connectivity index (χ0) is 21.6. The van der Waals surface area contributed by atoms with Crippen LogP contribution in [0.4, 0.5) is 18.9 Å². The average Bonchev–Trinajstić information content (AvgIpc) is 3.20. The average molecular weight is 421 g/mol. The van der Waals surface area contributed by atoms with E-state index in [2.05, 4.69) is 20.2 Å². The number of carbonyl (C=O) groups excluding carboxylic acids is 1. The van der Waals surface area contributed by atoms with Crippen molar-refractivity contribution in [3.8, 4) is 22.9 Å². The van der Waals surface area contributed by atoms with Crippen LogP contribution >= 0.6 is 0 Å². The van der Waals surface area contributed by atoms with Crippen molar-refractivity contribution in [3.05, 3.63) is 54.4 Å². The molecule has 0 bridgehead atoms. The summed E-state index contributed by atoms with van der Waals surface area (Å²) in [7, 11) is 1.57. The molecule has 158 valence electrons. The van der Waals surface area contributed by atoms with Crippen LogP contribution in [0.3, 0.4) is 0 Å². The molecule has 0 spiro atoms. The second kappa shape index (κ2) is 9.29. The molecule has 1 amide bonds. The molecule has 7 nitrogen and oxygen atoms in total. The van der Waals surface area contributed by atoms with Gasteiger partial charge in [0.1, 0.15) is 11.5 Å². The van der Waals surface area contributed by atoms with E-state index >= 15 is 0 Å². The molecule has 30 heavy (non-hydrogen) atoms. The molecule has 0 atom stereocenters. The Hall–Kier alpha value is -3.56. The smallest absolute Gasteiger partial charge is 0.422 e. The zero-order valence-corrected chi connectivity index (χ0v) is 15.9. The topological polar surface area (TPSA) is 86.5 Å². The van der Waals surface area contributed by atoms with Crippen LogP contribution in [0.5, 0.6) is 11.5 Å². The van der Waals surface area contributed by atoms with Crippen molar-refractivity contribution in [1.82, 2.24) is 10.1 Å². The molecule has 0 aliphatic heterocycles. The highest BCUT2D eigenvalue weighted by Crippen LogP contribution is 2.21. The first-order chi connectivity index (χ1) is 14.3. The number of anilines is 1. The van der Waals surface area contributed by atoms with Crippen molar-refractivity contribution in [2.75, 3.05) is 19.0 Å². The minimum atomic E-state index is -4.41. The van der Waals surface area contributed by atoms with Crippen LogP contribution in [0.1, 0.15) is 12.3 Å². The van der Waals surface area contributed by atoms with E-state index in [1.807, 2.05) is 0 Å². The number of benzene rings is 2. The maximum absolute atomic E-state index is 12.1. The predicted octanol–water partition coefficient (Wildman–Crippen LogP) is 4.26. The van der Waals surface area contributed by atoms with Crippen molar-refractivity contribution in [2.45, 2.75) is 19.0 Å². The summed E-state index contributed by atoms with van der Waals surface area (Å²) in [5.74, 6) is 1.18. The molecule has 1 aromatic heterocycles. The van der Waals surface area contributed by atoms with Crippen molar-refractivity contribution in [2.24, 2.45) is 0 Å². The maximum atomic E-state index is 12.1. The third kappa shape index (κ3) is 6.23. The SMILES string of the molecule is COc1ccc(-c2noc(CCC(=O)Nc3ccc(OCC(F)(F)F)cc3)n2)cc1. The summed E-state index contributed by atoms with van der Waals surface area (Å²) in [5.41, 5.74) is 1.19. The van der Waals surface area contributed by atoms with Gasteiger partial charge in [0.2, 0.25) is 17.6 Å². The molecule has 1 heterocycles. The van der Waals surface area contributed by atoms with Gasteiger partial charge in [-0.2, -0.15) is 18.2 Å². The number of nitrogens with one attached hydrogen (secondary N) is 1. The number of ether oxygens (including phenoxy) is 2. The van der Waals surface area contributed by atoms with Gasteiger partial charge < -0.3 is 19.3 Å². The minimum absolute atomic E-state index is 0.0576. The fourth-order valence-electron chi connectivity index (χ4n) is 2.46. The van der Waals surface area contributed by atoms with Crippen LogP contribution in [0.15, 0.2) is 53.1 Å². The van der Waals surface area contributed by atoms with Gasteiger partial charge >= 0.3 is 6.18 Å². The summed E-state index contributed by atoms with van der Waals surface area (Å²) in [6.45, 7) is -1.37. The number of amides is 1. The molecule has 0 aliphatic carbocycles. The molecule has 0 saturated heterocycles. The van der Waals surface area contributed by atoms with E-state index in [9.17, 15) is 18.0 Å².